The molecule has 1 aliphatic heterocycles. The molecule has 4 rings (SSSR count). The lowest BCUT2D eigenvalue weighted by Crippen LogP contribution is -2.29. The Morgan fingerprint density at radius 1 is 1.16 bits per heavy atom. The number of nitrogens with zero attached hydrogens (tertiary/aromatic N) is 2. The number of thiazole rings is 1. The number of ether oxygens (including phenoxy) is 1. The first-order valence-corrected chi connectivity index (χ1v) is 10.7. The number of rotatable bonds is 4. The number of halogens is 1. The number of carbonyl (C=O) groups is 2. The van der Waals surface area contributed by atoms with E-state index in [0.717, 1.165) is 10.6 Å². The summed E-state index contributed by atoms with van der Waals surface area (Å²) in [6.07, 6.45) is 0. The normalized spacial score (nSPS) is 17.9. The molecule has 0 bridgehead atoms. The molecule has 2 aromatic carbocycles. The average molecular weight is 455 g/mol. The third kappa shape index (κ3) is 3.71. The molecule has 0 unspecified atom stereocenters. The maximum Gasteiger partial charge on any atom is 0.301 e. The Kier molecular flexibility index (Phi) is 5.56. The van der Waals surface area contributed by atoms with Gasteiger partial charge in [0, 0.05) is 15.5 Å². The van der Waals surface area contributed by atoms with Crippen LogP contribution in [-0.2, 0) is 9.59 Å². The van der Waals surface area contributed by atoms with Crippen LogP contribution in [0.25, 0.3) is 5.76 Å². The highest BCUT2D eigenvalue weighted by atomic mass is 35.5. The lowest BCUT2D eigenvalue weighted by atomic mass is 9.95. The number of amides is 1. The molecule has 6 nitrogen and oxygen atoms in total. The van der Waals surface area contributed by atoms with E-state index in [-0.39, 0.29) is 11.3 Å². The largest absolute Gasteiger partial charge is 0.507 e. The van der Waals surface area contributed by atoms with Crippen molar-refractivity contribution in [3.05, 3.63) is 80.8 Å². The van der Waals surface area contributed by atoms with Gasteiger partial charge in [0.15, 0.2) is 5.13 Å². The topological polar surface area (TPSA) is 79.7 Å². The van der Waals surface area contributed by atoms with Crippen LogP contribution in [0.5, 0.6) is 5.75 Å². The molecule has 0 spiro atoms. The van der Waals surface area contributed by atoms with Crippen LogP contribution in [-0.4, -0.2) is 28.9 Å². The Morgan fingerprint density at radius 2 is 1.87 bits per heavy atom. The van der Waals surface area contributed by atoms with Crippen LogP contribution in [0.2, 0.25) is 5.02 Å². The van der Waals surface area contributed by atoms with E-state index in [1.54, 1.807) is 48.5 Å². The second-order valence-electron chi connectivity index (χ2n) is 7.09. The molecule has 1 N–H and O–H groups in total. The number of hydrogen-bond acceptors (Lipinski definition) is 6. The highest BCUT2D eigenvalue weighted by Crippen LogP contribution is 2.44. The molecule has 1 aromatic heterocycles. The van der Waals surface area contributed by atoms with Gasteiger partial charge in [0.2, 0.25) is 0 Å². The highest BCUT2D eigenvalue weighted by molar-refractivity contribution is 7.16. The number of aliphatic hydroxyl groups excluding tert-OH is 1. The van der Waals surface area contributed by atoms with E-state index in [1.165, 1.54) is 23.3 Å². The predicted molar refractivity (Wildman–Crippen MR) is 121 cm³/mol. The van der Waals surface area contributed by atoms with E-state index in [0.29, 0.717) is 27.0 Å². The van der Waals surface area contributed by atoms with Gasteiger partial charge in [-0.2, -0.15) is 0 Å². The van der Waals surface area contributed by atoms with Crippen LogP contribution < -0.4 is 9.64 Å². The maximum absolute atomic E-state index is 13.1. The van der Waals surface area contributed by atoms with Crippen LogP contribution in [0.3, 0.4) is 0 Å². The summed E-state index contributed by atoms with van der Waals surface area (Å²) in [5.41, 5.74) is 1.77. The summed E-state index contributed by atoms with van der Waals surface area (Å²) < 4.78 is 5.16. The molecule has 1 fully saturated rings. The molecule has 1 aliphatic rings. The van der Waals surface area contributed by atoms with Gasteiger partial charge in [-0.25, -0.2) is 4.98 Å². The summed E-state index contributed by atoms with van der Waals surface area (Å²) in [6, 6.07) is 12.7. The Balaban J connectivity index is 1.93. The molecule has 0 radical (unpaired) electrons. The van der Waals surface area contributed by atoms with Gasteiger partial charge < -0.3 is 9.84 Å². The van der Waals surface area contributed by atoms with E-state index in [1.807, 2.05) is 13.8 Å². The molecule has 1 saturated heterocycles. The smallest absolute Gasteiger partial charge is 0.301 e. The van der Waals surface area contributed by atoms with Crippen molar-refractivity contribution in [3.63, 3.8) is 0 Å². The lowest BCUT2D eigenvalue weighted by Gasteiger charge is -2.23. The third-order valence-electron chi connectivity index (χ3n) is 5.20. The quantitative estimate of drug-likeness (QED) is 0.339. The summed E-state index contributed by atoms with van der Waals surface area (Å²) in [4.78, 5) is 32.9. The second-order valence-corrected chi connectivity index (χ2v) is 8.71. The number of aliphatic hydroxyl groups is 1. The zero-order chi connectivity index (χ0) is 22.3. The van der Waals surface area contributed by atoms with Crippen molar-refractivity contribution in [1.82, 2.24) is 4.98 Å². The van der Waals surface area contributed by atoms with Gasteiger partial charge in [0.25, 0.3) is 5.78 Å². The Bertz CT molecular complexity index is 1200. The lowest BCUT2D eigenvalue weighted by molar-refractivity contribution is -0.132. The molecule has 2 heterocycles. The van der Waals surface area contributed by atoms with Crippen LogP contribution in [0, 0.1) is 13.8 Å². The first kappa shape index (κ1) is 21.1. The summed E-state index contributed by atoms with van der Waals surface area (Å²) in [5, 5.41) is 11.9. The summed E-state index contributed by atoms with van der Waals surface area (Å²) >= 11 is 7.53. The zero-order valence-electron chi connectivity index (χ0n) is 17.0. The first-order valence-electron chi connectivity index (χ1n) is 9.46. The molecular weight excluding hydrogens is 436 g/mol. The number of anilines is 1. The van der Waals surface area contributed by atoms with Crippen LogP contribution in [0.4, 0.5) is 5.13 Å². The van der Waals surface area contributed by atoms with E-state index >= 15 is 0 Å². The van der Waals surface area contributed by atoms with Crippen molar-refractivity contribution in [3.8, 4) is 5.75 Å². The van der Waals surface area contributed by atoms with Gasteiger partial charge in [-0.05, 0) is 55.8 Å². The van der Waals surface area contributed by atoms with Gasteiger partial charge in [0.05, 0.1) is 24.4 Å². The van der Waals surface area contributed by atoms with E-state index in [4.69, 9.17) is 16.3 Å². The van der Waals surface area contributed by atoms with E-state index in [2.05, 4.69) is 4.98 Å². The van der Waals surface area contributed by atoms with Gasteiger partial charge in [-0.3, -0.25) is 14.5 Å². The Morgan fingerprint density at radius 3 is 2.45 bits per heavy atom. The molecule has 3 aromatic rings. The minimum atomic E-state index is -0.856. The molecule has 0 aliphatic carbocycles. The van der Waals surface area contributed by atoms with Crippen molar-refractivity contribution >= 4 is 45.5 Å². The zero-order valence-corrected chi connectivity index (χ0v) is 18.6. The maximum atomic E-state index is 13.1. The Hall–Kier alpha value is -3.16. The fourth-order valence-electron chi connectivity index (χ4n) is 3.49. The van der Waals surface area contributed by atoms with Crippen LogP contribution >= 0.6 is 22.9 Å². The number of methoxy groups -OCH3 is 1. The number of carbonyl (C=O) groups excluding carboxylic acids is 2. The summed E-state index contributed by atoms with van der Waals surface area (Å²) in [7, 11) is 1.54. The molecular formula is C23H19ClN2O4S. The second kappa shape index (κ2) is 8.17. The first-order chi connectivity index (χ1) is 14.8. The minimum absolute atomic E-state index is 0.0112. The number of benzene rings is 2. The number of hydrogen-bond donors (Lipinski definition) is 1. The fourth-order valence-corrected chi connectivity index (χ4v) is 4.62. The number of aryl methyl sites for hydroxylation is 2. The molecule has 8 heteroatoms. The SMILES string of the molecule is COc1ccc(/C(O)=C2\C(=O)C(=O)N(c3nc(C)c(C)s3)[C@H]2c2cccc(Cl)c2)cc1. The number of ketones is 1. The van der Waals surface area contributed by atoms with E-state index in [9.17, 15) is 14.7 Å². The monoisotopic (exact) mass is 454 g/mol. The molecule has 1 atom stereocenters. The average Bonchev–Trinajstić information content (AvgIpc) is 3.23. The highest BCUT2D eigenvalue weighted by Gasteiger charge is 2.48. The van der Waals surface area contributed by atoms with Crippen molar-refractivity contribution < 1.29 is 19.4 Å². The van der Waals surface area contributed by atoms with Gasteiger partial charge >= 0.3 is 5.91 Å². The Labute approximate surface area is 188 Å². The predicted octanol–water partition coefficient (Wildman–Crippen LogP) is 5.05. The standard InChI is InChI=1S/C23H19ClN2O4S/c1-12-13(2)31-23(25-12)26-19(15-5-4-6-16(24)11-15)18(21(28)22(26)29)20(27)14-7-9-17(30-3)10-8-14/h4-11,19,27H,1-3H3/b20-18+/t19-/m0/s1. The molecule has 158 valence electrons. The summed E-state index contributed by atoms with van der Waals surface area (Å²) in [5.74, 6) is -1.17. The summed E-state index contributed by atoms with van der Waals surface area (Å²) in [6.45, 7) is 3.75. The van der Waals surface area contributed by atoms with Crippen molar-refractivity contribution in [2.24, 2.45) is 0 Å². The van der Waals surface area contributed by atoms with Crippen molar-refractivity contribution in [2.75, 3.05) is 12.0 Å². The third-order valence-corrected chi connectivity index (χ3v) is 6.50. The van der Waals surface area contributed by atoms with Crippen LogP contribution in [0.15, 0.2) is 54.1 Å². The molecule has 0 saturated carbocycles. The van der Waals surface area contributed by atoms with Gasteiger partial charge in [-0.1, -0.05) is 23.7 Å². The van der Waals surface area contributed by atoms with E-state index < -0.39 is 17.7 Å². The van der Waals surface area contributed by atoms with Gasteiger partial charge in [0.1, 0.15) is 11.5 Å². The number of aromatic nitrogens is 1. The molecule has 1 amide bonds. The molecule has 31 heavy (non-hydrogen) atoms. The number of Topliss-reactive ketones (excluding diaryl/α,β-unsaturated/α-hetero) is 1. The van der Waals surface area contributed by atoms with Crippen molar-refractivity contribution in [2.45, 2.75) is 19.9 Å². The van der Waals surface area contributed by atoms with Crippen molar-refractivity contribution in [1.29, 1.82) is 0 Å². The minimum Gasteiger partial charge on any atom is -0.507 e. The van der Waals surface area contributed by atoms with Gasteiger partial charge in [-0.15, -0.1) is 11.3 Å². The fraction of sp³-hybridized carbons (Fsp3) is 0.174. The van der Waals surface area contributed by atoms with Crippen LogP contribution in [0.1, 0.15) is 27.7 Å².